The molecule has 3 aromatic carbocycles. The second-order valence-corrected chi connectivity index (χ2v) is 15.1. The van der Waals surface area contributed by atoms with Crippen molar-refractivity contribution in [1.29, 1.82) is 0 Å². The maximum Gasteiger partial charge on any atom is 0.270 e. The van der Waals surface area contributed by atoms with Gasteiger partial charge in [0.2, 0.25) is 18.1 Å². The second kappa shape index (κ2) is 8.44. The van der Waals surface area contributed by atoms with E-state index < -0.39 is 0 Å². The quantitative estimate of drug-likeness (QED) is 0.164. The standard InChI is InChI=1S/C19H12N2O2.H4O2Si3/c22-21(23)14-10-11-18-16(12-14)19(13-6-2-1-3-7-13)15-8-4-5-9-17(15)20-18;1-2-4-5-3-1/h1-12H;3,5H,4H2. The molecule has 0 aliphatic carbocycles. The van der Waals surface area contributed by atoms with Gasteiger partial charge in [0.05, 0.1) is 16.0 Å². The SMILES string of the molecule is O1O[SiH2][SiH]=[SiH]1.O=[N+]([O-])c1ccc2nc3ccccc3c(-c3ccccc3)c2c1. The molecule has 5 rings (SSSR count). The van der Waals surface area contributed by atoms with Gasteiger partial charge in [-0.15, -0.1) is 0 Å². The van der Waals surface area contributed by atoms with Gasteiger partial charge in [0.25, 0.3) is 5.69 Å². The van der Waals surface area contributed by atoms with Crippen molar-refractivity contribution in [3.8, 4) is 11.1 Å². The van der Waals surface area contributed by atoms with Crippen LogP contribution in [-0.2, 0) is 9.15 Å². The lowest BCUT2D eigenvalue weighted by atomic mass is 9.96. The summed E-state index contributed by atoms with van der Waals surface area (Å²) in [6.07, 6.45) is 0. The van der Waals surface area contributed by atoms with Crippen molar-refractivity contribution < 1.29 is 14.1 Å². The zero-order valence-corrected chi connectivity index (χ0v) is 18.5. The Morgan fingerprint density at radius 1 is 0.929 bits per heavy atom. The van der Waals surface area contributed by atoms with Gasteiger partial charge in [-0.2, -0.15) is 0 Å². The summed E-state index contributed by atoms with van der Waals surface area (Å²) in [5.41, 5.74) is 3.72. The third-order valence-electron chi connectivity index (χ3n) is 4.32. The lowest BCUT2D eigenvalue weighted by molar-refractivity contribution is -0.384. The lowest BCUT2D eigenvalue weighted by Crippen LogP contribution is -1.92. The predicted molar refractivity (Wildman–Crippen MR) is 116 cm³/mol. The Morgan fingerprint density at radius 2 is 1.68 bits per heavy atom. The smallest absolute Gasteiger partial charge is 0.270 e. The topological polar surface area (TPSA) is 74.5 Å². The Hall–Kier alpha value is -2.86. The van der Waals surface area contributed by atoms with E-state index in [0.717, 1.165) is 32.9 Å². The van der Waals surface area contributed by atoms with Crippen molar-refractivity contribution in [3.05, 3.63) is 82.9 Å². The number of benzene rings is 3. The number of rotatable bonds is 2. The molecule has 2 heterocycles. The summed E-state index contributed by atoms with van der Waals surface area (Å²) in [4.78, 5) is 15.4. The maximum absolute atomic E-state index is 11.1. The van der Waals surface area contributed by atoms with Crippen LogP contribution < -0.4 is 0 Å². The molecule has 0 N–H and O–H groups in total. The highest BCUT2D eigenvalue weighted by atomic mass is 29.4. The molecular formula is C19H16N2O4Si3. The zero-order chi connectivity index (χ0) is 19.3. The van der Waals surface area contributed by atoms with Crippen LogP contribution in [0.25, 0.3) is 32.9 Å². The number of aromatic nitrogens is 1. The summed E-state index contributed by atoms with van der Waals surface area (Å²) >= 11 is 0. The van der Waals surface area contributed by atoms with E-state index in [0.29, 0.717) is 17.0 Å². The van der Waals surface area contributed by atoms with Crippen molar-refractivity contribution in [2.24, 2.45) is 0 Å². The number of pyridine rings is 1. The molecular weight excluding hydrogens is 404 g/mol. The van der Waals surface area contributed by atoms with Gasteiger partial charge in [0, 0.05) is 36.6 Å². The highest BCUT2D eigenvalue weighted by molar-refractivity contribution is 7.08. The predicted octanol–water partition coefficient (Wildman–Crippen LogP) is 2.61. The van der Waals surface area contributed by atoms with Crippen molar-refractivity contribution in [2.45, 2.75) is 0 Å². The number of hydrogen-bond donors (Lipinski definition) is 0. The van der Waals surface area contributed by atoms with E-state index in [4.69, 9.17) is 0 Å². The molecule has 1 aliphatic rings. The molecule has 0 fully saturated rings. The summed E-state index contributed by atoms with van der Waals surface area (Å²) < 4.78 is 9.28. The normalized spacial score (nSPS) is 13.3. The van der Waals surface area contributed by atoms with E-state index in [1.54, 1.807) is 12.1 Å². The molecule has 28 heavy (non-hydrogen) atoms. The first-order valence-electron chi connectivity index (χ1n) is 8.69. The fourth-order valence-corrected chi connectivity index (χ4v) is 8.21. The third-order valence-corrected chi connectivity index (χ3v) is 10.9. The van der Waals surface area contributed by atoms with Gasteiger partial charge < -0.3 is 4.58 Å². The van der Waals surface area contributed by atoms with Gasteiger partial charge in [0.1, 0.15) is 0 Å². The van der Waals surface area contributed by atoms with Crippen LogP contribution in [0, 0.1) is 10.1 Å². The number of nitro groups is 1. The van der Waals surface area contributed by atoms with Crippen molar-refractivity contribution in [3.63, 3.8) is 0 Å². The summed E-state index contributed by atoms with van der Waals surface area (Å²) in [5, 5.41) is 12.9. The van der Waals surface area contributed by atoms with Crippen LogP contribution in [0.5, 0.6) is 0 Å². The van der Waals surface area contributed by atoms with Gasteiger partial charge in [0.15, 0.2) is 0 Å². The Morgan fingerprint density at radius 3 is 2.36 bits per heavy atom. The Kier molecular flexibility index (Phi) is 5.58. The number of fused-ring (bicyclic) bond motifs is 2. The van der Waals surface area contributed by atoms with Crippen LogP contribution in [0.1, 0.15) is 0 Å². The van der Waals surface area contributed by atoms with Gasteiger partial charge in [-0.1, -0.05) is 48.5 Å². The molecule has 6 nitrogen and oxygen atoms in total. The van der Waals surface area contributed by atoms with Crippen LogP contribution in [0.2, 0.25) is 0 Å². The van der Waals surface area contributed by atoms with E-state index in [1.165, 1.54) is 6.07 Å². The zero-order valence-electron chi connectivity index (χ0n) is 14.8. The largest absolute Gasteiger partial charge is 0.432 e. The molecule has 0 saturated carbocycles. The van der Waals surface area contributed by atoms with Crippen LogP contribution in [0.15, 0.2) is 72.8 Å². The number of nitro benzene ring substituents is 1. The fourth-order valence-electron chi connectivity index (χ4n) is 3.10. The summed E-state index contributed by atoms with van der Waals surface area (Å²) in [7, 11) is 0.994. The minimum absolute atomic E-state index is 0.0586. The molecule has 1 aromatic heterocycles. The molecule has 0 spiro atoms. The van der Waals surface area contributed by atoms with Gasteiger partial charge in [-0.3, -0.25) is 14.7 Å². The molecule has 1 aliphatic heterocycles. The Balaban J connectivity index is 0.000000336. The molecule has 9 heteroatoms. The Bertz CT molecular complexity index is 1180. The average Bonchev–Trinajstić information content (AvgIpc) is 3.32. The van der Waals surface area contributed by atoms with Gasteiger partial charge in [-0.25, -0.2) is 4.98 Å². The van der Waals surface area contributed by atoms with Gasteiger partial charge in [-0.05, 0) is 17.7 Å². The monoisotopic (exact) mass is 420 g/mol. The van der Waals surface area contributed by atoms with Crippen molar-refractivity contribution in [2.75, 3.05) is 0 Å². The van der Waals surface area contributed by atoms with E-state index in [2.05, 4.69) is 14.1 Å². The minimum Gasteiger partial charge on any atom is -0.432 e. The van der Waals surface area contributed by atoms with E-state index >= 15 is 0 Å². The minimum atomic E-state index is -0.372. The van der Waals surface area contributed by atoms with Crippen molar-refractivity contribution >= 4 is 53.8 Å². The van der Waals surface area contributed by atoms with Crippen molar-refractivity contribution in [1.82, 2.24) is 4.98 Å². The molecule has 0 bridgehead atoms. The molecule has 4 aromatic rings. The molecule has 138 valence electrons. The summed E-state index contributed by atoms with van der Waals surface area (Å²) in [5.74, 6) is 0. The summed E-state index contributed by atoms with van der Waals surface area (Å²) in [6.45, 7) is 0. The van der Waals surface area contributed by atoms with E-state index in [-0.39, 0.29) is 19.9 Å². The molecule has 0 radical (unpaired) electrons. The number of hydrogen-bond acceptors (Lipinski definition) is 5. The Labute approximate surface area is 167 Å². The first kappa shape index (κ1) is 18.5. The second-order valence-electron chi connectivity index (χ2n) is 6.08. The average molecular weight is 421 g/mol. The van der Waals surface area contributed by atoms with Crippen LogP contribution in [0.4, 0.5) is 5.69 Å². The molecule has 0 amide bonds. The molecule has 0 saturated heterocycles. The maximum atomic E-state index is 11.1. The molecule has 0 atom stereocenters. The number of non-ortho nitro benzene ring substituents is 1. The van der Waals surface area contributed by atoms with Crippen LogP contribution in [-0.4, -0.2) is 36.2 Å². The van der Waals surface area contributed by atoms with Crippen LogP contribution in [0.3, 0.4) is 0 Å². The molecule has 0 unspecified atom stereocenters. The fraction of sp³-hybridized carbons (Fsp3) is 0. The first-order chi connectivity index (χ1) is 13.7. The lowest BCUT2D eigenvalue weighted by Gasteiger charge is -2.11. The number of nitrogens with zero attached hydrogens (tertiary/aromatic N) is 2. The third kappa shape index (κ3) is 3.87. The first-order valence-corrected chi connectivity index (χ1v) is 15.7. The van der Waals surface area contributed by atoms with Gasteiger partial charge >= 0.3 is 0 Å². The van der Waals surface area contributed by atoms with E-state index in [9.17, 15) is 10.1 Å². The summed E-state index contributed by atoms with van der Waals surface area (Å²) in [6, 6.07) is 22.6. The highest BCUT2D eigenvalue weighted by Crippen LogP contribution is 2.36. The van der Waals surface area contributed by atoms with E-state index in [1.807, 2.05) is 54.6 Å². The highest BCUT2D eigenvalue weighted by Gasteiger charge is 2.14. The number of para-hydroxylation sites is 1. The van der Waals surface area contributed by atoms with Crippen LogP contribution >= 0.6 is 0 Å².